The zero-order valence-electron chi connectivity index (χ0n) is 10.3. The van der Waals surface area contributed by atoms with Crippen molar-refractivity contribution < 1.29 is 5.11 Å². The number of hydrogen-bond acceptors (Lipinski definition) is 4. The summed E-state index contributed by atoms with van der Waals surface area (Å²) in [4.78, 5) is 6.79. The summed E-state index contributed by atoms with van der Waals surface area (Å²) in [5.74, 6) is 0. The molecule has 4 heteroatoms. The Balaban J connectivity index is 1.97. The van der Waals surface area contributed by atoms with Crippen LogP contribution in [0.2, 0.25) is 0 Å². The highest BCUT2D eigenvalue weighted by Crippen LogP contribution is 2.35. The molecular weight excluding hydrogens is 244 g/mol. The van der Waals surface area contributed by atoms with Gasteiger partial charge in [0.05, 0.1) is 11.8 Å². The maximum atomic E-state index is 9.56. The molecule has 1 aliphatic rings. The lowest BCUT2D eigenvalue weighted by molar-refractivity contribution is 0.195. The topological polar surface area (TPSA) is 36.4 Å². The van der Waals surface area contributed by atoms with Crippen molar-refractivity contribution in [2.45, 2.75) is 25.9 Å². The SMILES string of the molecule is CC(O)c1csc(N2CCCc3ccccc32)n1. The van der Waals surface area contributed by atoms with Crippen LogP contribution in [0.1, 0.15) is 30.7 Å². The first-order valence-electron chi connectivity index (χ1n) is 6.24. The highest BCUT2D eigenvalue weighted by atomic mass is 32.1. The standard InChI is InChI=1S/C14H16N2OS/c1-10(17)12-9-18-14(15-12)16-8-4-6-11-5-2-3-7-13(11)16/h2-3,5,7,9-10,17H,4,6,8H2,1H3. The van der Waals surface area contributed by atoms with E-state index in [1.165, 1.54) is 11.3 Å². The first kappa shape index (κ1) is 11.7. The van der Waals surface area contributed by atoms with E-state index >= 15 is 0 Å². The second-order valence-electron chi connectivity index (χ2n) is 4.61. The number of aromatic nitrogens is 1. The minimum absolute atomic E-state index is 0.491. The van der Waals surface area contributed by atoms with Gasteiger partial charge in [-0.3, -0.25) is 0 Å². The monoisotopic (exact) mass is 260 g/mol. The van der Waals surface area contributed by atoms with Crippen LogP contribution in [-0.2, 0) is 6.42 Å². The van der Waals surface area contributed by atoms with Crippen molar-refractivity contribution in [3.05, 3.63) is 40.9 Å². The number of thiazole rings is 1. The van der Waals surface area contributed by atoms with Crippen LogP contribution in [0, 0.1) is 0 Å². The van der Waals surface area contributed by atoms with Gasteiger partial charge in [0, 0.05) is 17.6 Å². The fraction of sp³-hybridized carbons (Fsp3) is 0.357. The molecule has 0 fully saturated rings. The molecule has 1 aromatic carbocycles. The van der Waals surface area contributed by atoms with Gasteiger partial charge in [-0.15, -0.1) is 11.3 Å². The third-order valence-electron chi connectivity index (χ3n) is 3.28. The number of rotatable bonds is 2. The van der Waals surface area contributed by atoms with E-state index in [0.29, 0.717) is 0 Å². The lowest BCUT2D eigenvalue weighted by atomic mass is 10.0. The number of nitrogens with zero attached hydrogens (tertiary/aromatic N) is 2. The smallest absolute Gasteiger partial charge is 0.190 e. The van der Waals surface area contributed by atoms with E-state index in [4.69, 9.17) is 0 Å². The van der Waals surface area contributed by atoms with Crippen LogP contribution in [0.3, 0.4) is 0 Å². The zero-order valence-corrected chi connectivity index (χ0v) is 11.2. The summed E-state index contributed by atoms with van der Waals surface area (Å²) < 4.78 is 0. The second kappa shape index (κ2) is 4.71. The van der Waals surface area contributed by atoms with Crippen LogP contribution in [-0.4, -0.2) is 16.6 Å². The molecule has 0 bridgehead atoms. The number of aliphatic hydroxyl groups is 1. The summed E-state index contributed by atoms with van der Waals surface area (Å²) in [6.45, 7) is 2.76. The molecular formula is C14H16N2OS. The Bertz CT molecular complexity index is 550. The Hall–Kier alpha value is -1.39. The van der Waals surface area contributed by atoms with Gasteiger partial charge in [0.1, 0.15) is 0 Å². The lowest BCUT2D eigenvalue weighted by Crippen LogP contribution is -2.24. The first-order valence-corrected chi connectivity index (χ1v) is 7.12. The molecule has 1 unspecified atom stereocenters. The number of benzene rings is 1. The van der Waals surface area contributed by atoms with E-state index in [1.54, 1.807) is 18.3 Å². The van der Waals surface area contributed by atoms with E-state index in [-0.39, 0.29) is 0 Å². The Labute approximate surface area is 111 Å². The van der Waals surface area contributed by atoms with E-state index in [2.05, 4.69) is 34.1 Å². The number of fused-ring (bicyclic) bond motifs is 1. The number of para-hydroxylation sites is 1. The predicted octanol–water partition coefficient (Wildman–Crippen LogP) is 3.28. The van der Waals surface area contributed by atoms with Crippen molar-refractivity contribution in [3.8, 4) is 0 Å². The number of anilines is 2. The van der Waals surface area contributed by atoms with Gasteiger partial charge in [-0.05, 0) is 31.4 Å². The molecule has 3 nitrogen and oxygen atoms in total. The molecule has 0 radical (unpaired) electrons. The minimum Gasteiger partial charge on any atom is -0.387 e. The van der Waals surface area contributed by atoms with E-state index in [0.717, 1.165) is 30.2 Å². The molecule has 0 aliphatic carbocycles. The Morgan fingerprint density at radius 2 is 2.22 bits per heavy atom. The average molecular weight is 260 g/mol. The molecule has 1 N–H and O–H groups in total. The molecule has 94 valence electrons. The van der Waals surface area contributed by atoms with E-state index < -0.39 is 6.10 Å². The first-order chi connectivity index (χ1) is 8.75. The Morgan fingerprint density at radius 3 is 3.00 bits per heavy atom. The van der Waals surface area contributed by atoms with E-state index in [9.17, 15) is 5.11 Å². The maximum absolute atomic E-state index is 9.56. The summed E-state index contributed by atoms with van der Waals surface area (Å²) in [7, 11) is 0. The van der Waals surface area contributed by atoms with Crippen LogP contribution < -0.4 is 4.90 Å². The van der Waals surface area contributed by atoms with Crippen molar-refractivity contribution in [2.24, 2.45) is 0 Å². The van der Waals surface area contributed by atoms with E-state index in [1.807, 2.05) is 5.38 Å². The van der Waals surface area contributed by atoms with Gasteiger partial charge >= 0.3 is 0 Å². The second-order valence-corrected chi connectivity index (χ2v) is 5.45. The molecule has 2 heterocycles. The predicted molar refractivity (Wildman–Crippen MR) is 74.5 cm³/mol. The zero-order chi connectivity index (χ0) is 12.5. The molecule has 1 aliphatic heterocycles. The summed E-state index contributed by atoms with van der Waals surface area (Å²) in [5, 5.41) is 12.5. The summed E-state index contributed by atoms with van der Waals surface area (Å²) in [6, 6.07) is 8.49. The molecule has 18 heavy (non-hydrogen) atoms. The largest absolute Gasteiger partial charge is 0.387 e. The Kier molecular flexibility index (Phi) is 3.06. The normalized spacial score (nSPS) is 16.4. The van der Waals surface area contributed by atoms with Gasteiger partial charge < -0.3 is 10.0 Å². The lowest BCUT2D eigenvalue weighted by Gasteiger charge is -2.28. The van der Waals surface area contributed by atoms with Crippen LogP contribution in [0.15, 0.2) is 29.6 Å². The number of aliphatic hydroxyl groups excluding tert-OH is 1. The average Bonchev–Trinajstić information content (AvgIpc) is 2.87. The highest BCUT2D eigenvalue weighted by molar-refractivity contribution is 7.13. The third kappa shape index (κ3) is 2.02. The van der Waals surface area contributed by atoms with Gasteiger partial charge in [0.15, 0.2) is 5.13 Å². The van der Waals surface area contributed by atoms with Crippen molar-refractivity contribution in [3.63, 3.8) is 0 Å². The minimum atomic E-state index is -0.491. The molecule has 0 saturated heterocycles. The van der Waals surface area contributed by atoms with Crippen LogP contribution in [0.25, 0.3) is 0 Å². The van der Waals surface area contributed by atoms with Crippen LogP contribution >= 0.6 is 11.3 Å². The van der Waals surface area contributed by atoms with Gasteiger partial charge in [-0.2, -0.15) is 0 Å². The number of hydrogen-bond donors (Lipinski definition) is 1. The van der Waals surface area contributed by atoms with Crippen molar-refractivity contribution >= 4 is 22.2 Å². The fourth-order valence-corrected chi connectivity index (χ4v) is 3.28. The van der Waals surface area contributed by atoms with Crippen molar-refractivity contribution in [1.29, 1.82) is 0 Å². The maximum Gasteiger partial charge on any atom is 0.190 e. The molecule has 1 aromatic heterocycles. The summed E-state index contributed by atoms with van der Waals surface area (Å²) in [6.07, 6.45) is 1.80. The van der Waals surface area contributed by atoms with Crippen LogP contribution in [0.5, 0.6) is 0 Å². The number of aryl methyl sites for hydroxylation is 1. The molecule has 3 rings (SSSR count). The molecule has 1 atom stereocenters. The fourth-order valence-electron chi connectivity index (χ4n) is 2.32. The van der Waals surface area contributed by atoms with Gasteiger partial charge in [-0.25, -0.2) is 4.98 Å². The van der Waals surface area contributed by atoms with Gasteiger partial charge in [-0.1, -0.05) is 18.2 Å². The van der Waals surface area contributed by atoms with Crippen molar-refractivity contribution in [1.82, 2.24) is 4.98 Å². The molecule has 0 saturated carbocycles. The summed E-state index contributed by atoms with van der Waals surface area (Å²) in [5.41, 5.74) is 3.41. The Morgan fingerprint density at radius 1 is 1.39 bits per heavy atom. The van der Waals surface area contributed by atoms with Gasteiger partial charge in [0.2, 0.25) is 0 Å². The molecule has 0 amide bonds. The van der Waals surface area contributed by atoms with Crippen LogP contribution in [0.4, 0.5) is 10.8 Å². The molecule has 2 aromatic rings. The highest BCUT2D eigenvalue weighted by Gasteiger charge is 2.20. The molecule has 0 spiro atoms. The summed E-state index contributed by atoms with van der Waals surface area (Å²) >= 11 is 1.60. The van der Waals surface area contributed by atoms with Gasteiger partial charge in [0.25, 0.3) is 0 Å². The quantitative estimate of drug-likeness (QED) is 0.900. The van der Waals surface area contributed by atoms with Crippen molar-refractivity contribution in [2.75, 3.05) is 11.4 Å². The third-order valence-corrected chi connectivity index (χ3v) is 4.16.